The van der Waals surface area contributed by atoms with E-state index >= 15 is 0 Å². The lowest BCUT2D eigenvalue weighted by molar-refractivity contribution is -0.384. The molecule has 1 aliphatic rings. The van der Waals surface area contributed by atoms with Gasteiger partial charge in [-0.1, -0.05) is 18.2 Å². The number of morpholine rings is 1. The van der Waals surface area contributed by atoms with E-state index in [0.29, 0.717) is 54.1 Å². The summed E-state index contributed by atoms with van der Waals surface area (Å²) < 4.78 is 12.1. The number of rotatable bonds is 7. The molecule has 4 aromatic rings. The average molecular weight is 529 g/mol. The molecule has 3 aromatic carbocycles. The van der Waals surface area contributed by atoms with Gasteiger partial charge in [-0.3, -0.25) is 14.9 Å². The molecule has 1 fully saturated rings. The van der Waals surface area contributed by atoms with Gasteiger partial charge in [-0.05, 0) is 42.0 Å². The van der Waals surface area contributed by atoms with Crippen molar-refractivity contribution in [1.29, 1.82) is 0 Å². The third-order valence-corrected chi connectivity index (χ3v) is 6.44. The summed E-state index contributed by atoms with van der Waals surface area (Å²) in [4.78, 5) is 27.4. The largest absolute Gasteiger partial charge is 0.497 e. The summed E-state index contributed by atoms with van der Waals surface area (Å²) in [5.41, 5.74) is 2.11. The van der Waals surface area contributed by atoms with Crippen LogP contribution in [0.5, 0.6) is 5.75 Å². The van der Waals surface area contributed by atoms with Crippen molar-refractivity contribution < 1.29 is 14.4 Å². The number of hydrazone groups is 1. The zero-order chi connectivity index (χ0) is 27.5. The Morgan fingerprint density at radius 1 is 1.08 bits per heavy atom. The minimum atomic E-state index is -0.497. The van der Waals surface area contributed by atoms with Gasteiger partial charge in [0.05, 0.1) is 42.5 Å². The molecule has 1 aliphatic heterocycles. The Morgan fingerprint density at radius 2 is 1.82 bits per heavy atom. The standard InChI is InChI=1S/C28H28N6O5/c1-31(2)29-18-19-14-20(16-22(15-19)38-3)27-23-6-4-5-7-24(23)28(35)33(30-27)26-17-21(8-9-25(26)34(36)37)32-10-12-39-13-11-32/h4-9,14-18H,10-13H2,1-3H3. The summed E-state index contributed by atoms with van der Waals surface area (Å²) in [5, 5.41) is 23.8. The molecule has 11 heteroatoms. The number of benzene rings is 3. The number of methoxy groups -OCH3 is 1. The number of nitrogens with zero attached hydrogens (tertiary/aromatic N) is 6. The molecule has 5 rings (SSSR count). The summed E-state index contributed by atoms with van der Waals surface area (Å²) >= 11 is 0. The number of hydrogen-bond donors (Lipinski definition) is 0. The second-order valence-electron chi connectivity index (χ2n) is 9.23. The molecule has 1 saturated heterocycles. The van der Waals surface area contributed by atoms with Gasteiger partial charge in [0.15, 0.2) is 0 Å². The van der Waals surface area contributed by atoms with Crippen molar-refractivity contribution in [2.24, 2.45) is 5.10 Å². The van der Waals surface area contributed by atoms with E-state index in [-0.39, 0.29) is 11.4 Å². The predicted octanol–water partition coefficient (Wildman–Crippen LogP) is 3.70. The van der Waals surface area contributed by atoms with Crippen LogP contribution in [0, 0.1) is 10.1 Å². The monoisotopic (exact) mass is 528 g/mol. The second kappa shape index (κ2) is 10.9. The number of fused-ring (bicyclic) bond motifs is 1. The van der Waals surface area contributed by atoms with Crippen molar-refractivity contribution in [2.45, 2.75) is 0 Å². The van der Waals surface area contributed by atoms with Crippen LogP contribution >= 0.6 is 0 Å². The Bertz CT molecular complexity index is 1630. The lowest BCUT2D eigenvalue weighted by Gasteiger charge is -2.29. The van der Waals surface area contributed by atoms with Gasteiger partial charge in [0.1, 0.15) is 11.4 Å². The maximum atomic E-state index is 13.7. The number of ether oxygens (including phenoxy) is 2. The lowest BCUT2D eigenvalue weighted by Crippen LogP contribution is -2.36. The van der Waals surface area contributed by atoms with Crippen LogP contribution in [0.15, 0.2) is 70.6 Å². The van der Waals surface area contributed by atoms with Crippen LogP contribution in [0.4, 0.5) is 11.4 Å². The maximum absolute atomic E-state index is 13.7. The number of aromatic nitrogens is 2. The van der Waals surface area contributed by atoms with Crippen LogP contribution in [0.2, 0.25) is 0 Å². The first-order chi connectivity index (χ1) is 18.9. The first-order valence-electron chi connectivity index (χ1n) is 12.4. The number of anilines is 1. The minimum Gasteiger partial charge on any atom is -0.497 e. The highest BCUT2D eigenvalue weighted by atomic mass is 16.6. The highest BCUT2D eigenvalue weighted by Gasteiger charge is 2.23. The van der Waals surface area contributed by atoms with Crippen LogP contribution in [-0.2, 0) is 4.74 Å². The smallest absolute Gasteiger partial charge is 0.295 e. The Hall–Kier alpha value is -4.77. The zero-order valence-electron chi connectivity index (χ0n) is 21.9. The van der Waals surface area contributed by atoms with Crippen LogP contribution in [0.25, 0.3) is 27.7 Å². The minimum absolute atomic E-state index is 0.0956. The molecule has 0 N–H and O–H groups in total. The fourth-order valence-corrected chi connectivity index (χ4v) is 4.55. The normalized spacial score (nSPS) is 13.7. The summed E-state index contributed by atoms with van der Waals surface area (Å²) in [5.74, 6) is 0.580. The van der Waals surface area contributed by atoms with Gasteiger partial charge in [0.2, 0.25) is 0 Å². The first-order valence-corrected chi connectivity index (χ1v) is 12.4. The summed E-state index contributed by atoms with van der Waals surface area (Å²) in [6, 6.07) is 17.4. The van der Waals surface area contributed by atoms with Gasteiger partial charge in [0.25, 0.3) is 11.2 Å². The van der Waals surface area contributed by atoms with E-state index in [2.05, 4.69) is 10.0 Å². The van der Waals surface area contributed by atoms with Crippen molar-refractivity contribution in [3.63, 3.8) is 0 Å². The molecule has 11 nitrogen and oxygen atoms in total. The third-order valence-electron chi connectivity index (χ3n) is 6.44. The molecule has 1 aromatic heterocycles. The Labute approximate surface area is 224 Å². The van der Waals surface area contributed by atoms with Crippen molar-refractivity contribution in [3.8, 4) is 22.7 Å². The van der Waals surface area contributed by atoms with Crippen LogP contribution in [-0.4, -0.2) is 73.4 Å². The second-order valence-corrected chi connectivity index (χ2v) is 9.23. The van der Waals surface area contributed by atoms with E-state index in [1.807, 2.05) is 44.4 Å². The molecule has 0 unspecified atom stereocenters. The molecule has 0 aliphatic carbocycles. The van der Waals surface area contributed by atoms with Crippen molar-refractivity contribution in [2.75, 3.05) is 52.4 Å². The van der Waals surface area contributed by atoms with Crippen molar-refractivity contribution in [3.05, 3.63) is 86.7 Å². The summed E-state index contributed by atoms with van der Waals surface area (Å²) in [7, 11) is 5.21. The van der Waals surface area contributed by atoms with Crippen LogP contribution in [0.3, 0.4) is 0 Å². The van der Waals surface area contributed by atoms with Crippen LogP contribution < -0.4 is 15.2 Å². The van der Waals surface area contributed by atoms with E-state index in [1.165, 1.54) is 6.07 Å². The van der Waals surface area contributed by atoms with E-state index in [4.69, 9.17) is 14.6 Å². The van der Waals surface area contributed by atoms with Gasteiger partial charge < -0.3 is 19.4 Å². The van der Waals surface area contributed by atoms with Gasteiger partial charge >= 0.3 is 0 Å². The third kappa shape index (κ3) is 5.30. The fourth-order valence-electron chi connectivity index (χ4n) is 4.55. The van der Waals surface area contributed by atoms with E-state index < -0.39 is 10.5 Å². The fraction of sp³-hybridized carbons (Fsp3) is 0.250. The van der Waals surface area contributed by atoms with Crippen molar-refractivity contribution >= 4 is 28.4 Å². The van der Waals surface area contributed by atoms with E-state index in [0.717, 1.165) is 15.9 Å². The van der Waals surface area contributed by atoms with Gasteiger partial charge in [-0.2, -0.15) is 14.9 Å². The molecule has 0 radical (unpaired) electrons. The molecule has 39 heavy (non-hydrogen) atoms. The molecule has 0 amide bonds. The van der Waals surface area contributed by atoms with Gasteiger partial charge in [-0.15, -0.1) is 0 Å². The maximum Gasteiger partial charge on any atom is 0.295 e. The Kier molecular flexibility index (Phi) is 7.24. The number of nitro groups is 1. The molecule has 0 spiro atoms. The number of nitro benzene ring substituents is 1. The van der Waals surface area contributed by atoms with Gasteiger partial charge in [-0.25, -0.2) is 0 Å². The summed E-state index contributed by atoms with van der Waals surface area (Å²) in [6.07, 6.45) is 1.70. The topological polar surface area (TPSA) is 115 Å². The molecule has 0 bridgehead atoms. The first kappa shape index (κ1) is 25.9. The quantitative estimate of drug-likeness (QED) is 0.203. The SMILES string of the molecule is COc1cc(C=NN(C)C)cc(-c2nn(-c3cc(N4CCOCC4)ccc3[N+](=O)[O-])c(=O)c3ccccc23)c1. The average Bonchev–Trinajstić information content (AvgIpc) is 2.96. The molecular weight excluding hydrogens is 500 g/mol. The highest BCUT2D eigenvalue weighted by molar-refractivity contribution is 5.95. The zero-order valence-corrected chi connectivity index (χ0v) is 21.9. The predicted molar refractivity (Wildman–Crippen MR) is 150 cm³/mol. The molecule has 200 valence electrons. The van der Waals surface area contributed by atoms with Crippen LogP contribution in [0.1, 0.15) is 5.56 Å². The lowest BCUT2D eigenvalue weighted by atomic mass is 10.0. The molecule has 0 saturated carbocycles. The Balaban J connectivity index is 1.77. The highest BCUT2D eigenvalue weighted by Crippen LogP contribution is 2.32. The molecule has 0 atom stereocenters. The van der Waals surface area contributed by atoms with Gasteiger partial charge in [0, 0.05) is 49.9 Å². The molecular formula is C28H28N6O5. The molecule has 2 heterocycles. The number of hydrogen-bond acceptors (Lipinski definition) is 9. The summed E-state index contributed by atoms with van der Waals surface area (Å²) in [6.45, 7) is 2.40. The van der Waals surface area contributed by atoms with E-state index in [9.17, 15) is 14.9 Å². The van der Waals surface area contributed by atoms with Crippen molar-refractivity contribution in [1.82, 2.24) is 14.8 Å². The van der Waals surface area contributed by atoms with E-state index in [1.54, 1.807) is 42.6 Å². The Morgan fingerprint density at radius 3 is 2.51 bits per heavy atom.